The molecule has 4 aromatic rings. The molecule has 42 heavy (non-hydrogen) atoms. The van der Waals surface area contributed by atoms with Gasteiger partial charge in [0.1, 0.15) is 11.6 Å². The minimum atomic E-state index is -0.947. The number of nitrogens with one attached hydrogen (secondary N) is 1. The number of anilines is 1. The van der Waals surface area contributed by atoms with Crippen LogP contribution < -0.4 is 10.1 Å². The van der Waals surface area contributed by atoms with Crippen molar-refractivity contribution in [1.82, 2.24) is 14.5 Å². The number of aryl methyl sites for hydroxylation is 1. The number of hydrogen-bond donors (Lipinski definition) is 1. The largest absolute Gasteiger partial charge is 0.472 e. The quantitative estimate of drug-likeness (QED) is 0.185. The number of benzene rings is 2. The van der Waals surface area contributed by atoms with E-state index in [-0.39, 0.29) is 18.4 Å². The Morgan fingerprint density at radius 3 is 2.55 bits per heavy atom. The lowest BCUT2D eigenvalue weighted by Crippen LogP contribution is -2.24. The van der Waals surface area contributed by atoms with Crippen LogP contribution in [0.1, 0.15) is 82.0 Å². The van der Waals surface area contributed by atoms with E-state index in [2.05, 4.69) is 21.8 Å². The molecule has 1 unspecified atom stereocenters. The minimum absolute atomic E-state index is 0.0984. The van der Waals surface area contributed by atoms with Crippen LogP contribution in [0, 0.1) is 5.92 Å². The molecule has 1 N–H and O–H groups in total. The van der Waals surface area contributed by atoms with Crippen molar-refractivity contribution in [2.75, 3.05) is 11.9 Å². The topological polar surface area (TPSA) is 95.3 Å². The maximum absolute atomic E-state index is 12.9. The van der Waals surface area contributed by atoms with Gasteiger partial charge in [-0.15, -0.1) is 0 Å². The predicted octanol–water partition coefficient (Wildman–Crippen LogP) is 7.02. The first-order chi connectivity index (χ1) is 20.6. The van der Waals surface area contributed by atoms with E-state index >= 15 is 0 Å². The summed E-state index contributed by atoms with van der Waals surface area (Å²) in [5, 5.41) is 3.17. The molecule has 1 fully saturated rings. The van der Waals surface area contributed by atoms with Crippen molar-refractivity contribution < 1.29 is 19.1 Å². The Morgan fingerprint density at radius 2 is 1.83 bits per heavy atom. The average Bonchev–Trinajstić information content (AvgIpc) is 3.36. The summed E-state index contributed by atoms with van der Waals surface area (Å²) in [6.45, 7) is 4.83. The van der Waals surface area contributed by atoms with Crippen molar-refractivity contribution in [3.63, 3.8) is 0 Å². The molecule has 1 saturated carbocycles. The fourth-order valence-electron chi connectivity index (χ4n) is 5.53. The van der Waals surface area contributed by atoms with Gasteiger partial charge in [-0.3, -0.25) is 9.78 Å². The SMILES string of the molecule is CCCCc1nc2ccc(NC(=O)C3CCCCC3)cc2n1Cc1ccc(OC(C(=O)OCC)c2ccccn2)cc1. The Balaban J connectivity index is 1.36. The lowest BCUT2D eigenvalue weighted by molar-refractivity contribution is -0.152. The molecule has 0 aliphatic heterocycles. The second-order valence-corrected chi connectivity index (χ2v) is 10.9. The minimum Gasteiger partial charge on any atom is -0.472 e. The zero-order chi connectivity index (χ0) is 29.3. The van der Waals surface area contributed by atoms with E-state index in [0.717, 1.165) is 73.1 Å². The van der Waals surface area contributed by atoms with Crippen molar-refractivity contribution in [3.8, 4) is 5.75 Å². The number of pyridine rings is 1. The van der Waals surface area contributed by atoms with Gasteiger partial charge in [-0.25, -0.2) is 9.78 Å². The first-order valence-corrected chi connectivity index (χ1v) is 15.2. The number of esters is 1. The van der Waals surface area contributed by atoms with Crippen LogP contribution in [0.5, 0.6) is 5.75 Å². The molecule has 5 rings (SSSR count). The van der Waals surface area contributed by atoms with Crippen molar-refractivity contribution in [1.29, 1.82) is 0 Å². The summed E-state index contributed by atoms with van der Waals surface area (Å²) in [6.07, 6.45) is 9.09. The monoisotopic (exact) mass is 568 g/mol. The van der Waals surface area contributed by atoms with Crippen molar-refractivity contribution in [2.24, 2.45) is 5.92 Å². The molecular formula is C34H40N4O4. The third kappa shape index (κ3) is 7.16. The van der Waals surface area contributed by atoms with Gasteiger partial charge in [-0.2, -0.15) is 0 Å². The van der Waals surface area contributed by atoms with E-state index in [0.29, 0.717) is 18.0 Å². The van der Waals surface area contributed by atoms with Crippen molar-refractivity contribution >= 4 is 28.6 Å². The van der Waals surface area contributed by atoms with Gasteiger partial charge in [0.2, 0.25) is 12.0 Å². The van der Waals surface area contributed by atoms with Gasteiger partial charge < -0.3 is 19.4 Å². The summed E-state index contributed by atoms with van der Waals surface area (Å²) in [5.74, 6) is 1.32. The van der Waals surface area contributed by atoms with Crippen LogP contribution in [0.2, 0.25) is 0 Å². The molecule has 1 aliphatic rings. The molecule has 8 nitrogen and oxygen atoms in total. The van der Waals surface area contributed by atoms with Gasteiger partial charge >= 0.3 is 5.97 Å². The number of fused-ring (bicyclic) bond motifs is 1. The van der Waals surface area contributed by atoms with Gasteiger partial charge in [0.15, 0.2) is 0 Å². The predicted molar refractivity (Wildman–Crippen MR) is 163 cm³/mol. The molecule has 2 aromatic carbocycles. The molecule has 2 heterocycles. The summed E-state index contributed by atoms with van der Waals surface area (Å²) in [6, 6.07) is 19.1. The third-order valence-electron chi connectivity index (χ3n) is 7.80. The molecule has 0 saturated heterocycles. The van der Waals surface area contributed by atoms with E-state index in [4.69, 9.17) is 14.5 Å². The molecule has 2 aromatic heterocycles. The number of amides is 1. The second-order valence-electron chi connectivity index (χ2n) is 10.9. The number of imidazole rings is 1. The Bertz CT molecular complexity index is 1480. The Hall–Kier alpha value is -4.20. The number of ether oxygens (including phenoxy) is 2. The second kappa shape index (κ2) is 14.1. The van der Waals surface area contributed by atoms with Crippen LogP contribution in [-0.2, 0) is 27.3 Å². The number of hydrogen-bond acceptors (Lipinski definition) is 6. The Morgan fingerprint density at radius 1 is 1.02 bits per heavy atom. The molecule has 0 spiro atoms. The zero-order valence-electron chi connectivity index (χ0n) is 24.6. The third-order valence-corrected chi connectivity index (χ3v) is 7.80. The number of unbranched alkanes of at least 4 members (excludes halogenated alkanes) is 1. The van der Waals surface area contributed by atoms with E-state index in [9.17, 15) is 9.59 Å². The van der Waals surface area contributed by atoms with Crippen molar-refractivity contribution in [2.45, 2.75) is 77.9 Å². The highest BCUT2D eigenvalue weighted by atomic mass is 16.6. The zero-order valence-corrected chi connectivity index (χ0v) is 24.6. The molecule has 220 valence electrons. The standard InChI is InChI=1S/C34H40N4O4/c1-3-5-14-31-37-28-20-17-26(36-33(39)25-11-7-6-8-12-25)22-30(28)38(31)23-24-15-18-27(19-16-24)42-32(34(40)41-4-2)29-13-9-10-21-35-29/h9-10,13,15-22,25,32H,3-8,11-12,14,23H2,1-2H3,(H,36,39). The van der Waals surface area contributed by atoms with Gasteiger partial charge in [0.25, 0.3) is 0 Å². The Kier molecular flexibility index (Phi) is 9.85. The first-order valence-electron chi connectivity index (χ1n) is 15.2. The summed E-state index contributed by atoms with van der Waals surface area (Å²) in [7, 11) is 0. The highest BCUT2D eigenvalue weighted by Crippen LogP contribution is 2.28. The Labute approximate surface area is 247 Å². The normalized spacial score (nSPS) is 14.4. The number of rotatable bonds is 12. The number of carbonyl (C=O) groups is 2. The maximum Gasteiger partial charge on any atom is 0.353 e. The van der Waals surface area contributed by atoms with E-state index in [1.165, 1.54) is 6.42 Å². The lowest BCUT2D eigenvalue weighted by atomic mass is 9.88. The average molecular weight is 569 g/mol. The summed E-state index contributed by atoms with van der Waals surface area (Å²) in [5.41, 5.74) is 4.30. The molecule has 0 radical (unpaired) electrons. The van der Waals surface area contributed by atoms with Crippen LogP contribution in [0.15, 0.2) is 66.9 Å². The fourth-order valence-corrected chi connectivity index (χ4v) is 5.53. The highest BCUT2D eigenvalue weighted by Gasteiger charge is 2.26. The van der Waals surface area contributed by atoms with Crippen LogP contribution >= 0.6 is 0 Å². The van der Waals surface area contributed by atoms with E-state index < -0.39 is 12.1 Å². The van der Waals surface area contributed by atoms with Gasteiger partial charge in [0, 0.05) is 30.8 Å². The first kappa shape index (κ1) is 29.3. The maximum atomic E-state index is 12.9. The summed E-state index contributed by atoms with van der Waals surface area (Å²) in [4.78, 5) is 34.8. The molecule has 8 heteroatoms. The van der Waals surface area contributed by atoms with Gasteiger partial charge in [-0.05, 0) is 74.2 Å². The van der Waals surface area contributed by atoms with Gasteiger partial charge in [0.05, 0.1) is 23.3 Å². The van der Waals surface area contributed by atoms with Crippen molar-refractivity contribution in [3.05, 3.63) is 83.9 Å². The highest BCUT2D eigenvalue weighted by molar-refractivity contribution is 5.94. The molecule has 1 atom stereocenters. The van der Waals surface area contributed by atoms with Crippen LogP contribution in [0.4, 0.5) is 5.69 Å². The molecular weight excluding hydrogens is 528 g/mol. The number of carbonyl (C=O) groups excluding carboxylic acids is 2. The number of nitrogens with zero attached hydrogens (tertiary/aromatic N) is 3. The van der Waals surface area contributed by atoms with Crippen LogP contribution in [-0.4, -0.2) is 33.0 Å². The van der Waals surface area contributed by atoms with Crippen LogP contribution in [0.25, 0.3) is 11.0 Å². The smallest absolute Gasteiger partial charge is 0.353 e. The van der Waals surface area contributed by atoms with E-state index in [1.54, 1.807) is 25.3 Å². The molecule has 0 bridgehead atoms. The van der Waals surface area contributed by atoms with E-state index in [1.807, 2.05) is 48.5 Å². The number of aromatic nitrogens is 3. The summed E-state index contributed by atoms with van der Waals surface area (Å²) < 4.78 is 13.5. The van der Waals surface area contributed by atoms with Gasteiger partial charge in [-0.1, -0.05) is 50.8 Å². The van der Waals surface area contributed by atoms with Crippen LogP contribution in [0.3, 0.4) is 0 Å². The fraction of sp³-hybridized carbons (Fsp3) is 0.412. The molecule has 1 aliphatic carbocycles. The lowest BCUT2D eigenvalue weighted by Gasteiger charge is -2.20. The molecule has 1 amide bonds. The summed E-state index contributed by atoms with van der Waals surface area (Å²) >= 11 is 0.